The molecule has 4 heteroatoms. The van der Waals surface area contributed by atoms with Crippen molar-refractivity contribution in [2.45, 2.75) is 46.1 Å². The SMILES string of the molecule is Cc1ccc(CN2CCC[C@@]3(CCC(=O)N(CCO)C3)C2)cc1C. The maximum absolute atomic E-state index is 12.1. The second-order valence-corrected chi connectivity index (χ2v) is 7.77. The molecule has 2 heterocycles. The van der Waals surface area contributed by atoms with Crippen molar-refractivity contribution in [1.29, 1.82) is 0 Å². The van der Waals surface area contributed by atoms with Crippen LogP contribution in [0.4, 0.5) is 0 Å². The van der Waals surface area contributed by atoms with Crippen molar-refractivity contribution < 1.29 is 9.90 Å². The number of nitrogens with zero attached hydrogens (tertiary/aromatic N) is 2. The average Bonchev–Trinajstić information content (AvgIpc) is 2.55. The molecule has 1 spiro atoms. The molecule has 1 atom stereocenters. The first kappa shape index (κ1) is 17.4. The number of carbonyl (C=O) groups excluding carboxylic acids is 1. The summed E-state index contributed by atoms with van der Waals surface area (Å²) < 4.78 is 0. The van der Waals surface area contributed by atoms with Crippen LogP contribution in [0.25, 0.3) is 0 Å². The van der Waals surface area contributed by atoms with E-state index in [4.69, 9.17) is 0 Å². The summed E-state index contributed by atoms with van der Waals surface area (Å²) in [5, 5.41) is 9.21. The Hall–Kier alpha value is -1.39. The van der Waals surface area contributed by atoms with Crippen LogP contribution in [0.1, 0.15) is 42.4 Å². The molecule has 0 radical (unpaired) electrons. The summed E-state index contributed by atoms with van der Waals surface area (Å²) >= 11 is 0. The third kappa shape index (κ3) is 3.81. The molecule has 1 amide bonds. The standard InChI is InChI=1S/C20H30N2O2/c1-16-4-5-18(12-17(16)2)13-21-9-3-7-20(14-21)8-6-19(24)22(15-20)10-11-23/h4-5,12,23H,3,6-11,13-15H2,1-2H3/t20-/m1/s1. The van der Waals surface area contributed by atoms with Crippen LogP contribution in [0, 0.1) is 19.3 Å². The number of aliphatic hydroxyl groups excluding tert-OH is 1. The fourth-order valence-corrected chi connectivity index (χ4v) is 4.37. The number of hydrogen-bond acceptors (Lipinski definition) is 3. The molecule has 2 fully saturated rings. The monoisotopic (exact) mass is 330 g/mol. The zero-order chi connectivity index (χ0) is 17.2. The van der Waals surface area contributed by atoms with E-state index >= 15 is 0 Å². The molecule has 132 valence electrons. The van der Waals surface area contributed by atoms with E-state index < -0.39 is 0 Å². The molecule has 4 nitrogen and oxygen atoms in total. The molecule has 0 unspecified atom stereocenters. The van der Waals surface area contributed by atoms with Crippen molar-refractivity contribution in [3.63, 3.8) is 0 Å². The maximum atomic E-state index is 12.1. The lowest BCUT2D eigenvalue weighted by Crippen LogP contribution is -2.54. The number of benzene rings is 1. The number of likely N-dealkylation sites (tertiary alicyclic amines) is 2. The summed E-state index contributed by atoms with van der Waals surface area (Å²) in [5.41, 5.74) is 4.31. The van der Waals surface area contributed by atoms with Gasteiger partial charge in [-0.05, 0) is 56.3 Å². The lowest BCUT2D eigenvalue weighted by Gasteiger charge is -2.48. The van der Waals surface area contributed by atoms with Gasteiger partial charge in [0.25, 0.3) is 0 Å². The number of amides is 1. The lowest BCUT2D eigenvalue weighted by molar-refractivity contribution is -0.140. The average molecular weight is 330 g/mol. The van der Waals surface area contributed by atoms with E-state index in [-0.39, 0.29) is 17.9 Å². The highest BCUT2D eigenvalue weighted by molar-refractivity contribution is 5.77. The van der Waals surface area contributed by atoms with Gasteiger partial charge in [-0.1, -0.05) is 18.2 Å². The zero-order valence-electron chi connectivity index (χ0n) is 15.1. The Morgan fingerprint density at radius 2 is 2.00 bits per heavy atom. The van der Waals surface area contributed by atoms with Crippen molar-refractivity contribution in [2.75, 3.05) is 32.8 Å². The van der Waals surface area contributed by atoms with E-state index in [0.717, 1.165) is 32.6 Å². The van der Waals surface area contributed by atoms with E-state index in [1.807, 2.05) is 4.90 Å². The highest BCUT2D eigenvalue weighted by Crippen LogP contribution is 2.39. The molecule has 1 aromatic carbocycles. The van der Waals surface area contributed by atoms with Crippen LogP contribution in [-0.4, -0.2) is 53.6 Å². The van der Waals surface area contributed by atoms with Crippen LogP contribution < -0.4 is 0 Å². The van der Waals surface area contributed by atoms with Crippen molar-refractivity contribution in [3.05, 3.63) is 34.9 Å². The minimum Gasteiger partial charge on any atom is -0.395 e. The van der Waals surface area contributed by atoms with Gasteiger partial charge in [0, 0.05) is 38.0 Å². The van der Waals surface area contributed by atoms with Crippen LogP contribution >= 0.6 is 0 Å². The highest BCUT2D eigenvalue weighted by atomic mass is 16.3. The van der Waals surface area contributed by atoms with Gasteiger partial charge < -0.3 is 10.0 Å². The summed E-state index contributed by atoms with van der Waals surface area (Å²) in [5.74, 6) is 0.209. The Kier molecular flexibility index (Phi) is 5.26. The van der Waals surface area contributed by atoms with Gasteiger partial charge in [0.2, 0.25) is 5.91 Å². The van der Waals surface area contributed by atoms with Gasteiger partial charge in [0.05, 0.1) is 6.61 Å². The van der Waals surface area contributed by atoms with Gasteiger partial charge in [-0.2, -0.15) is 0 Å². The predicted octanol–water partition coefficient (Wildman–Crippen LogP) is 2.50. The first-order chi connectivity index (χ1) is 11.5. The summed E-state index contributed by atoms with van der Waals surface area (Å²) in [4.78, 5) is 16.5. The minimum absolute atomic E-state index is 0.0637. The number of rotatable bonds is 4. The fourth-order valence-electron chi connectivity index (χ4n) is 4.37. The van der Waals surface area contributed by atoms with Crippen molar-refractivity contribution >= 4 is 5.91 Å². The lowest BCUT2D eigenvalue weighted by atomic mass is 9.73. The Morgan fingerprint density at radius 1 is 1.17 bits per heavy atom. The minimum atomic E-state index is 0.0637. The Bertz CT molecular complexity index is 601. The van der Waals surface area contributed by atoms with E-state index in [0.29, 0.717) is 13.0 Å². The van der Waals surface area contributed by atoms with Gasteiger partial charge in [-0.25, -0.2) is 0 Å². The van der Waals surface area contributed by atoms with Crippen LogP contribution in [0.2, 0.25) is 0 Å². The molecular weight excluding hydrogens is 300 g/mol. The Morgan fingerprint density at radius 3 is 2.75 bits per heavy atom. The zero-order valence-corrected chi connectivity index (χ0v) is 15.1. The van der Waals surface area contributed by atoms with Gasteiger partial charge in [-0.3, -0.25) is 9.69 Å². The van der Waals surface area contributed by atoms with E-state index in [9.17, 15) is 9.90 Å². The smallest absolute Gasteiger partial charge is 0.222 e. The van der Waals surface area contributed by atoms with Gasteiger partial charge >= 0.3 is 0 Å². The van der Waals surface area contributed by atoms with Crippen molar-refractivity contribution in [2.24, 2.45) is 5.41 Å². The second-order valence-electron chi connectivity index (χ2n) is 7.77. The van der Waals surface area contributed by atoms with Crippen LogP contribution in [-0.2, 0) is 11.3 Å². The van der Waals surface area contributed by atoms with Crippen LogP contribution in [0.3, 0.4) is 0 Å². The number of aryl methyl sites for hydroxylation is 2. The van der Waals surface area contributed by atoms with E-state index in [1.165, 1.54) is 29.5 Å². The second kappa shape index (κ2) is 7.24. The number of β-amino-alcohol motifs (C(OH)–C–C–N with tert-alkyl or cyclic N) is 1. The highest BCUT2D eigenvalue weighted by Gasteiger charge is 2.41. The van der Waals surface area contributed by atoms with Gasteiger partial charge in [0.15, 0.2) is 0 Å². The third-order valence-electron chi connectivity index (χ3n) is 5.84. The molecule has 0 bridgehead atoms. The van der Waals surface area contributed by atoms with Crippen LogP contribution in [0.15, 0.2) is 18.2 Å². The molecule has 1 aromatic rings. The van der Waals surface area contributed by atoms with Crippen molar-refractivity contribution in [1.82, 2.24) is 9.80 Å². The summed E-state index contributed by atoms with van der Waals surface area (Å²) in [7, 11) is 0. The Labute approximate surface area is 145 Å². The molecule has 0 saturated carbocycles. The molecule has 0 aliphatic carbocycles. The quantitative estimate of drug-likeness (QED) is 0.922. The third-order valence-corrected chi connectivity index (χ3v) is 5.84. The molecular formula is C20H30N2O2. The molecule has 2 saturated heterocycles. The number of carbonyl (C=O) groups is 1. The largest absolute Gasteiger partial charge is 0.395 e. The molecule has 0 aromatic heterocycles. The maximum Gasteiger partial charge on any atom is 0.222 e. The predicted molar refractivity (Wildman–Crippen MR) is 95.8 cm³/mol. The molecule has 24 heavy (non-hydrogen) atoms. The first-order valence-corrected chi connectivity index (χ1v) is 9.18. The Balaban J connectivity index is 1.67. The number of aliphatic hydroxyl groups is 1. The van der Waals surface area contributed by atoms with Gasteiger partial charge in [-0.15, -0.1) is 0 Å². The van der Waals surface area contributed by atoms with E-state index in [2.05, 4.69) is 36.9 Å². The summed E-state index contributed by atoms with van der Waals surface area (Å²) in [6.07, 6.45) is 4.03. The van der Waals surface area contributed by atoms with Crippen LogP contribution in [0.5, 0.6) is 0 Å². The normalized spacial score (nSPS) is 25.5. The summed E-state index contributed by atoms with van der Waals surface area (Å²) in [6.45, 7) is 8.90. The number of piperidine rings is 2. The molecule has 2 aliphatic rings. The first-order valence-electron chi connectivity index (χ1n) is 9.18. The van der Waals surface area contributed by atoms with E-state index in [1.54, 1.807) is 0 Å². The molecule has 2 aliphatic heterocycles. The summed E-state index contributed by atoms with van der Waals surface area (Å²) in [6, 6.07) is 6.76. The molecule has 1 N–H and O–H groups in total. The molecule has 3 rings (SSSR count). The van der Waals surface area contributed by atoms with Crippen molar-refractivity contribution in [3.8, 4) is 0 Å². The van der Waals surface area contributed by atoms with Gasteiger partial charge in [0.1, 0.15) is 0 Å². The fraction of sp³-hybridized carbons (Fsp3) is 0.650. The topological polar surface area (TPSA) is 43.8 Å². The number of hydrogen-bond donors (Lipinski definition) is 1.